The minimum Gasteiger partial charge on any atom is -0.311 e. The van der Waals surface area contributed by atoms with Crippen molar-refractivity contribution in [1.29, 1.82) is 0 Å². The van der Waals surface area contributed by atoms with Gasteiger partial charge in [0.05, 0.1) is 20.4 Å². The number of fused-ring (bicyclic) bond motifs is 7. The van der Waals surface area contributed by atoms with Gasteiger partial charge in [0.15, 0.2) is 0 Å². The Bertz CT molecular complexity index is 2070. The second-order valence-electron chi connectivity index (χ2n) is 9.47. The molecule has 0 bridgehead atoms. The molecule has 0 aliphatic rings. The lowest BCUT2D eigenvalue weighted by Gasteiger charge is -2.25. The van der Waals surface area contributed by atoms with E-state index in [1.165, 1.54) is 20.2 Å². The van der Waals surface area contributed by atoms with Crippen LogP contribution >= 0.6 is 22.7 Å². The highest BCUT2D eigenvalue weighted by Gasteiger charge is 2.17. The number of benzene rings is 5. The van der Waals surface area contributed by atoms with Crippen molar-refractivity contribution in [3.05, 3.63) is 126 Å². The molecule has 0 N–H and O–H groups in total. The van der Waals surface area contributed by atoms with Crippen LogP contribution in [-0.4, -0.2) is 9.97 Å². The van der Waals surface area contributed by atoms with E-state index in [1.54, 1.807) is 22.7 Å². The molecule has 5 aromatic carbocycles. The average molecular weight is 536 g/mol. The van der Waals surface area contributed by atoms with Crippen molar-refractivity contribution >= 4 is 82.0 Å². The van der Waals surface area contributed by atoms with Crippen molar-refractivity contribution in [3.63, 3.8) is 0 Å². The van der Waals surface area contributed by atoms with Crippen LogP contribution in [0.4, 0.5) is 17.1 Å². The van der Waals surface area contributed by atoms with Gasteiger partial charge in [-0.1, -0.05) is 60.7 Å². The van der Waals surface area contributed by atoms with Gasteiger partial charge in [0.1, 0.15) is 11.0 Å². The number of aromatic nitrogens is 2. The number of anilines is 3. The summed E-state index contributed by atoms with van der Waals surface area (Å²) in [6, 6.07) is 40.5. The first-order valence-electron chi connectivity index (χ1n) is 12.8. The molecule has 0 unspecified atom stereocenters. The summed E-state index contributed by atoms with van der Waals surface area (Å²) in [6.07, 6.45) is 0. The number of para-hydroxylation sites is 3. The molecule has 3 heterocycles. The van der Waals surface area contributed by atoms with Crippen LogP contribution in [0.5, 0.6) is 0 Å². The maximum absolute atomic E-state index is 5.28. The fourth-order valence-corrected chi connectivity index (χ4v) is 7.23. The first kappa shape index (κ1) is 22.4. The molecule has 3 nitrogen and oxygen atoms in total. The molecule has 5 heteroatoms. The Morgan fingerprint density at radius 3 is 1.64 bits per heavy atom. The number of nitrogens with zero attached hydrogens (tertiary/aromatic N) is 3. The quantitative estimate of drug-likeness (QED) is 0.210. The van der Waals surface area contributed by atoms with Crippen molar-refractivity contribution in [2.45, 2.75) is 0 Å². The minimum atomic E-state index is 0.921. The minimum absolute atomic E-state index is 0.921. The van der Waals surface area contributed by atoms with Gasteiger partial charge in [-0.15, -0.1) is 22.7 Å². The van der Waals surface area contributed by atoms with Crippen molar-refractivity contribution in [2.75, 3.05) is 4.90 Å². The fraction of sp³-hybridized carbons (Fsp3) is 0. The molecule has 39 heavy (non-hydrogen) atoms. The molecule has 184 valence electrons. The molecule has 8 aromatic rings. The van der Waals surface area contributed by atoms with Gasteiger partial charge >= 0.3 is 0 Å². The Morgan fingerprint density at radius 2 is 1.03 bits per heavy atom. The second kappa shape index (κ2) is 9.02. The Hall–Kier alpha value is -4.58. The Kier molecular flexibility index (Phi) is 5.18. The van der Waals surface area contributed by atoms with Crippen molar-refractivity contribution in [3.8, 4) is 11.1 Å². The lowest BCUT2D eigenvalue weighted by Crippen LogP contribution is -2.09. The SMILES string of the molecule is c1ccc(N(c2ccccc2)c2ccc(-c3cccc4nc5c(nc34)c3sccc3c3ccsc35)cc2)cc1. The average Bonchev–Trinajstić information content (AvgIpc) is 3.68. The Labute approximate surface area is 233 Å². The molecule has 0 aliphatic heterocycles. The van der Waals surface area contributed by atoms with E-state index in [2.05, 4.69) is 131 Å². The number of thiophene rings is 2. The normalized spacial score (nSPS) is 11.6. The van der Waals surface area contributed by atoms with Crippen molar-refractivity contribution in [1.82, 2.24) is 9.97 Å². The largest absolute Gasteiger partial charge is 0.311 e. The van der Waals surface area contributed by atoms with Gasteiger partial charge in [-0.3, -0.25) is 0 Å². The van der Waals surface area contributed by atoms with Crippen LogP contribution in [0, 0.1) is 0 Å². The van der Waals surface area contributed by atoms with Crippen molar-refractivity contribution in [2.24, 2.45) is 0 Å². The fourth-order valence-electron chi connectivity index (χ4n) is 5.43. The third-order valence-electron chi connectivity index (χ3n) is 7.21. The van der Waals surface area contributed by atoms with Gasteiger partial charge < -0.3 is 4.90 Å². The van der Waals surface area contributed by atoms with Crippen LogP contribution in [0.1, 0.15) is 0 Å². The zero-order chi connectivity index (χ0) is 25.8. The summed E-state index contributed by atoms with van der Waals surface area (Å²) in [5.41, 5.74) is 9.42. The maximum atomic E-state index is 5.28. The molecule has 0 spiro atoms. The zero-order valence-electron chi connectivity index (χ0n) is 20.8. The summed E-state index contributed by atoms with van der Waals surface area (Å²) in [6.45, 7) is 0. The van der Waals surface area contributed by atoms with Gasteiger partial charge in [-0.25, -0.2) is 9.97 Å². The second-order valence-corrected chi connectivity index (χ2v) is 11.3. The van der Waals surface area contributed by atoms with Crippen LogP contribution in [0.3, 0.4) is 0 Å². The molecule has 0 amide bonds. The van der Waals surface area contributed by atoms with E-state index in [-0.39, 0.29) is 0 Å². The highest BCUT2D eigenvalue weighted by atomic mass is 32.1. The van der Waals surface area contributed by atoms with Crippen LogP contribution in [0.2, 0.25) is 0 Å². The molecular formula is C34H21N3S2. The predicted molar refractivity (Wildman–Crippen MR) is 168 cm³/mol. The van der Waals surface area contributed by atoms with E-state index in [1.807, 2.05) is 0 Å². The van der Waals surface area contributed by atoms with E-state index in [0.717, 1.165) is 50.3 Å². The third-order valence-corrected chi connectivity index (χ3v) is 9.05. The molecule has 0 saturated heterocycles. The van der Waals surface area contributed by atoms with E-state index in [4.69, 9.17) is 9.97 Å². The molecular weight excluding hydrogens is 515 g/mol. The van der Waals surface area contributed by atoms with E-state index < -0.39 is 0 Å². The monoisotopic (exact) mass is 535 g/mol. The summed E-state index contributed by atoms with van der Waals surface area (Å²) < 4.78 is 2.42. The summed E-state index contributed by atoms with van der Waals surface area (Å²) in [5, 5.41) is 6.84. The molecule has 0 fully saturated rings. The Balaban J connectivity index is 1.29. The maximum Gasteiger partial charge on any atom is 0.109 e. The number of hydrogen-bond acceptors (Lipinski definition) is 5. The predicted octanol–water partition coefficient (Wildman–Crippen LogP) is 10.3. The Morgan fingerprint density at radius 1 is 0.462 bits per heavy atom. The topological polar surface area (TPSA) is 29.0 Å². The van der Waals surface area contributed by atoms with Crippen LogP contribution in [0.15, 0.2) is 126 Å². The first-order chi connectivity index (χ1) is 19.3. The molecule has 0 aliphatic carbocycles. The van der Waals surface area contributed by atoms with Crippen LogP contribution in [0.25, 0.3) is 53.4 Å². The third kappa shape index (κ3) is 3.62. The van der Waals surface area contributed by atoms with Crippen LogP contribution < -0.4 is 4.90 Å². The molecule has 8 rings (SSSR count). The standard InChI is InChI=1S/C34H21N3S2/c1-3-8-23(9-4-1)37(24-10-5-2-6-11-24)25-16-14-22(15-17-25)26-12-7-13-29-30(26)36-32-31(35-29)33-27(18-20-38-33)28-19-21-39-34(28)32/h1-21H. The number of rotatable bonds is 4. The summed E-state index contributed by atoms with van der Waals surface area (Å²) in [4.78, 5) is 12.7. The van der Waals surface area contributed by atoms with Gasteiger partial charge in [-0.05, 0) is 70.9 Å². The summed E-state index contributed by atoms with van der Waals surface area (Å²) >= 11 is 3.49. The first-order valence-corrected chi connectivity index (χ1v) is 14.6. The molecule has 0 atom stereocenters. The van der Waals surface area contributed by atoms with Gasteiger partial charge in [0.25, 0.3) is 0 Å². The molecule has 0 radical (unpaired) electrons. The van der Waals surface area contributed by atoms with Crippen LogP contribution in [-0.2, 0) is 0 Å². The van der Waals surface area contributed by atoms with E-state index >= 15 is 0 Å². The van der Waals surface area contributed by atoms with Crippen molar-refractivity contribution < 1.29 is 0 Å². The van der Waals surface area contributed by atoms with E-state index in [9.17, 15) is 0 Å². The smallest absolute Gasteiger partial charge is 0.109 e. The highest BCUT2D eigenvalue weighted by Crippen LogP contribution is 2.41. The van der Waals surface area contributed by atoms with Gasteiger partial charge in [-0.2, -0.15) is 0 Å². The summed E-state index contributed by atoms with van der Waals surface area (Å²) in [5.74, 6) is 0. The van der Waals surface area contributed by atoms with Gasteiger partial charge in [0.2, 0.25) is 0 Å². The zero-order valence-corrected chi connectivity index (χ0v) is 22.4. The highest BCUT2D eigenvalue weighted by molar-refractivity contribution is 7.20. The lowest BCUT2D eigenvalue weighted by molar-refractivity contribution is 1.28. The molecule has 0 saturated carbocycles. The number of hydrogen-bond donors (Lipinski definition) is 0. The lowest BCUT2D eigenvalue weighted by atomic mass is 10.0. The molecule has 3 aromatic heterocycles. The van der Waals surface area contributed by atoms with Gasteiger partial charge in [0, 0.05) is 33.4 Å². The van der Waals surface area contributed by atoms with E-state index in [0.29, 0.717) is 0 Å². The summed E-state index contributed by atoms with van der Waals surface area (Å²) in [7, 11) is 0.